The number of benzene rings is 3. The molecule has 162 valence electrons. The molecule has 4 rings (SSSR count). The number of hydrogen-bond acceptors (Lipinski definition) is 2. The monoisotopic (exact) mass is 485 g/mol. The molecule has 0 bridgehead atoms. The summed E-state index contributed by atoms with van der Waals surface area (Å²) in [6.07, 6.45) is 1.54. The van der Waals surface area contributed by atoms with E-state index < -0.39 is 11.5 Å². The van der Waals surface area contributed by atoms with Crippen molar-refractivity contribution >= 4 is 40.7 Å². The molecule has 0 saturated heterocycles. The minimum atomic E-state index is -0.476. The van der Waals surface area contributed by atoms with Gasteiger partial charge >= 0.3 is 0 Å². The second kappa shape index (κ2) is 9.65. The molecule has 5 nitrogen and oxygen atoms in total. The van der Waals surface area contributed by atoms with Crippen molar-refractivity contribution in [1.29, 1.82) is 0 Å². The highest BCUT2D eigenvalue weighted by molar-refractivity contribution is 6.35. The van der Waals surface area contributed by atoms with E-state index in [1.165, 1.54) is 10.9 Å². The van der Waals surface area contributed by atoms with Crippen LogP contribution in [0.4, 0.5) is 0 Å². The molecule has 0 aliphatic carbocycles. The lowest BCUT2D eigenvalue weighted by atomic mass is 10.2. The Morgan fingerprint density at radius 1 is 0.844 bits per heavy atom. The summed E-state index contributed by atoms with van der Waals surface area (Å²) in [7, 11) is 0. The third-order valence-corrected chi connectivity index (χ3v) is 5.68. The van der Waals surface area contributed by atoms with E-state index in [1.54, 1.807) is 35.0 Å². The fourth-order valence-electron chi connectivity index (χ4n) is 3.32. The standard InChI is InChI=1S/C24H18Cl3N3O2/c25-18-8-6-16(7-9-18)13-28-23(31)20-15-29(14-17-4-2-1-3-5-17)30(24(20)32)22-11-10-19(26)12-21(22)27/h1-12,15H,13-14H2,(H,28,31). The van der Waals surface area contributed by atoms with Gasteiger partial charge in [-0.1, -0.05) is 77.3 Å². The van der Waals surface area contributed by atoms with Gasteiger partial charge in [-0.15, -0.1) is 0 Å². The Balaban J connectivity index is 1.70. The van der Waals surface area contributed by atoms with Gasteiger partial charge in [0, 0.05) is 22.8 Å². The predicted octanol–water partition coefficient (Wildman–Crippen LogP) is 5.58. The van der Waals surface area contributed by atoms with E-state index in [2.05, 4.69) is 5.32 Å². The average Bonchev–Trinajstić information content (AvgIpc) is 3.09. The van der Waals surface area contributed by atoms with Gasteiger partial charge in [-0.2, -0.15) is 0 Å². The van der Waals surface area contributed by atoms with Crippen LogP contribution in [0.25, 0.3) is 5.69 Å². The third kappa shape index (κ3) is 4.91. The van der Waals surface area contributed by atoms with Gasteiger partial charge in [0.25, 0.3) is 11.5 Å². The highest BCUT2D eigenvalue weighted by atomic mass is 35.5. The van der Waals surface area contributed by atoms with Gasteiger partial charge in [0.2, 0.25) is 0 Å². The lowest BCUT2D eigenvalue weighted by Crippen LogP contribution is -2.29. The molecule has 8 heteroatoms. The minimum Gasteiger partial charge on any atom is -0.348 e. The molecular formula is C24H18Cl3N3O2. The van der Waals surface area contributed by atoms with Crippen molar-refractivity contribution in [2.24, 2.45) is 0 Å². The van der Waals surface area contributed by atoms with Crippen molar-refractivity contribution in [3.05, 3.63) is 121 Å². The van der Waals surface area contributed by atoms with E-state index in [-0.39, 0.29) is 12.1 Å². The smallest absolute Gasteiger partial charge is 0.284 e. The first-order chi connectivity index (χ1) is 15.4. The van der Waals surface area contributed by atoms with Crippen molar-refractivity contribution in [2.75, 3.05) is 0 Å². The zero-order valence-electron chi connectivity index (χ0n) is 16.8. The Kier molecular flexibility index (Phi) is 6.70. The van der Waals surface area contributed by atoms with Crippen molar-refractivity contribution in [3.8, 4) is 5.69 Å². The van der Waals surface area contributed by atoms with Crippen LogP contribution in [-0.4, -0.2) is 15.3 Å². The van der Waals surface area contributed by atoms with Gasteiger partial charge in [0.1, 0.15) is 5.56 Å². The topological polar surface area (TPSA) is 56.0 Å². The van der Waals surface area contributed by atoms with E-state index in [0.29, 0.717) is 27.3 Å². The molecule has 0 aliphatic heterocycles. The van der Waals surface area contributed by atoms with Crippen LogP contribution >= 0.6 is 34.8 Å². The van der Waals surface area contributed by atoms with E-state index in [0.717, 1.165) is 11.1 Å². The number of rotatable bonds is 6. The number of aromatic nitrogens is 2. The van der Waals surface area contributed by atoms with Gasteiger partial charge in [0.15, 0.2) is 0 Å². The van der Waals surface area contributed by atoms with Gasteiger partial charge in [-0.25, -0.2) is 4.68 Å². The molecule has 32 heavy (non-hydrogen) atoms. The quantitative estimate of drug-likeness (QED) is 0.387. The van der Waals surface area contributed by atoms with Crippen LogP contribution < -0.4 is 10.9 Å². The predicted molar refractivity (Wildman–Crippen MR) is 128 cm³/mol. The number of hydrogen-bond donors (Lipinski definition) is 1. The first-order valence-corrected chi connectivity index (χ1v) is 10.9. The summed E-state index contributed by atoms with van der Waals surface area (Å²) < 4.78 is 3.06. The molecule has 1 heterocycles. The number of carbonyl (C=O) groups is 1. The maximum atomic E-state index is 13.3. The summed E-state index contributed by atoms with van der Waals surface area (Å²) in [6, 6.07) is 21.6. The highest BCUT2D eigenvalue weighted by Gasteiger charge is 2.20. The van der Waals surface area contributed by atoms with Gasteiger partial charge < -0.3 is 5.32 Å². The highest BCUT2D eigenvalue weighted by Crippen LogP contribution is 2.24. The lowest BCUT2D eigenvalue weighted by molar-refractivity contribution is 0.0949. The van der Waals surface area contributed by atoms with E-state index in [1.807, 2.05) is 42.5 Å². The van der Waals surface area contributed by atoms with Crippen molar-refractivity contribution < 1.29 is 4.79 Å². The van der Waals surface area contributed by atoms with Crippen LogP contribution in [0, 0.1) is 0 Å². The first-order valence-electron chi connectivity index (χ1n) is 9.77. The average molecular weight is 487 g/mol. The molecule has 0 saturated carbocycles. The molecule has 1 N–H and O–H groups in total. The van der Waals surface area contributed by atoms with E-state index in [4.69, 9.17) is 34.8 Å². The summed E-state index contributed by atoms with van der Waals surface area (Å²) in [6.45, 7) is 0.639. The normalized spacial score (nSPS) is 10.8. The molecule has 0 radical (unpaired) electrons. The molecule has 0 aliphatic rings. The number of nitrogens with one attached hydrogen (secondary N) is 1. The molecule has 1 aromatic heterocycles. The molecule has 0 atom stereocenters. The second-order valence-corrected chi connectivity index (χ2v) is 8.43. The second-order valence-electron chi connectivity index (χ2n) is 7.15. The number of carbonyl (C=O) groups excluding carboxylic acids is 1. The van der Waals surface area contributed by atoms with Crippen molar-refractivity contribution in [2.45, 2.75) is 13.1 Å². The Morgan fingerprint density at radius 2 is 1.53 bits per heavy atom. The number of halogens is 3. The lowest BCUT2D eigenvalue weighted by Gasteiger charge is -2.13. The van der Waals surface area contributed by atoms with Crippen LogP contribution in [0.5, 0.6) is 0 Å². The summed E-state index contributed by atoms with van der Waals surface area (Å²) >= 11 is 18.3. The largest absolute Gasteiger partial charge is 0.348 e. The zero-order chi connectivity index (χ0) is 22.7. The van der Waals surface area contributed by atoms with E-state index >= 15 is 0 Å². The summed E-state index contributed by atoms with van der Waals surface area (Å²) in [4.78, 5) is 26.2. The molecule has 1 amide bonds. The van der Waals surface area contributed by atoms with Crippen LogP contribution in [0.2, 0.25) is 15.1 Å². The van der Waals surface area contributed by atoms with Gasteiger partial charge in [-0.3, -0.25) is 14.3 Å². The zero-order valence-corrected chi connectivity index (χ0v) is 19.0. The van der Waals surface area contributed by atoms with Crippen molar-refractivity contribution in [1.82, 2.24) is 14.7 Å². The molecular weight excluding hydrogens is 469 g/mol. The molecule has 3 aromatic carbocycles. The molecule has 0 spiro atoms. The van der Waals surface area contributed by atoms with Crippen molar-refractivity contribution in [3.63, 3.8) is 0 Å². The summed E-state index contributed by atoms with van der Waals surface area (Å²) in [5.74, 6) is -0.476. The first kappa shape index (κ1) is 22.2. The van der Waals surface area contributed by atoms with E-state index in [9.17, 15) is 9.59 Å². The Morgan fingerprint density at radius 3 is 2.22 bits per heavy atom. The third-order valence-electron chi connectivity index (χ3n) is 4.89. The minimum absolute atomic E-state index is 0.0147. The Labute approximate surface area is 199 Å². The molecule has 4 aromatic rings. The van der Waals surface area contributed by atoms with Crippen LogP contribution in [0.3, 0.4) is 0 Å². The Hall–Kier alpha value is -2.99. The Bertz CT molecular complexity index is 1310. The summed E-state index contributed by atoms with van der Waals surface area (Å²) in [5, 5.41) is 4.16. The number of nitrogens with zero attached hydrogens (tertiary/aromatic N) is 2. The van der Waals surface area contributed by atoms with Gasteiger partial charge in [0.05, 0.1) is 17.3 Å². The molecule has 0 unspecified atom stereocenters. The van der Waals surface area contributed by atoms with Gasteiger partial charge in [-0.05, 0) is 41.5 Å². The van der Waals surface area contributed by atoms with Crippen LogP contribution in [0.1, 0.15) is 21.5 Å². The number of amides is 1. The summed E-state index contributed by atoms with van der Waals surface area (Å²) in [5.41, 5.74) is 1.82. The van der Waals surface area contributed by atoms with Crippen LogP contribution in [-0.2, 0) is 13.1 Å². The maximum absolute atomic E-state index is 13.3. The fraction of sp³-hybridized carbons (Fsp3) is 0.0833. The fourth-order valence-corrected chi connectivity index (χ4v) is 3.93. The maximum Gasteiger partial charge on any atom is 0.284 e. The SMILES string of the molecule is O=C(NCc1ccc(Cl)cc1)c1cn(Cc2ccccc2)n(-c2ccc(Cl)cc2Cl)c1=O. The van der Waals surface area contributed by atoms with Crippen LogP contribution in [0.15, 0.2) is 83.8 Å². The molecule has 0 fully saturated rings.